The van der Waals surface area contributed by atoms with Gasteiger partial charge < -0.3 is 15.4 Å². The fourth-order valence-corrected chi connectivity index (χ4v) is 2.14. The standard InChI is InChI=1S/C19H23FN4O3/c1-19(2,3)27-18(26)24-16-12-14(7-8-15(16)20)23-17(25)22-11-9-13-6-4-5-10-21-13/h4-8,10,12H,9,11H2,1-3H3,(H,24,26)(H2,22,23,25). The average molecular weight is 374 g/mol. The number of ether oxygens (including phenoxy) is 1. The lowest BCUT2D eigenvalue weighted by Gasteiger charge is -2.20. The Morgan fingerprint density at radius 1 is 1.15 bits per heavy atom. The lowest BCUT2D eigenvalue weighted by Crippen LogP contribution is -2.30. The number of hydrogen-bond donors (Lipinski definition) is 3. The monoisotopic (exact) mass is 374 g/mol. The Hall–Kier alpha value is -3.16. The molecule has 2 aromatic rings. The molecule has 27 heavy (non-hydrogen) atoms. The van der Waals surface area contributed by atoms with Crippen LogP contribution in [0.5, 0.6) is 0 Å². The summed E-state index contributed by atoms with van der Waals surface area (Å²) in [5.41, 5.74) is 0.404. The minimum absolute atomic E-state index is 0.0875. The zero-order chi connectivity index (χ0) is 19.9. The first-order chi connectivity index (χ1) is 12.7. The molecular formula is C19H23FN4O3. The topological polar surface area (TPSA) is 92.4 Å². The van der Waals surface area contributed by atoms with Crippen LogP contribution in [0.4, 0.5) is 25.4 Å². The van der Waals surface area contributed by atoms with E-state index in [0.717, 1.165) is 11.8 Å². The van der Waals surface area contributed by atoms with E-state index in [1.54, 1.807) is 27.0 Å². The number of carbonyl (C=O) groups is 2. The lowest BCUT2D eigenvalue weighted by atomic mass is 10.2. The van der Waals surface area contributed by atoms with E-state index in [1.807, 2.05) is 18.2 Å². The Bertz CT molecular complexity index is 791. The van der Waals surface area contributed by atoms with E-state index in [1.165, 1.54) is 12.1 Å². The van der Waals surface area contributed by atoms with Crippen molar-refractivity contribution in [3.05, 3.63) is 54.1 Å². The molecular weight excluding hydrogens is 351 g/mol. The number of benzene rings is 1. The molecule has 1 aromatic carbocycles. The summed E-state index contributed by atoms with van der Waals surface area (Å²) in [6.45, 7) is 5.51. The summed E-state index contributed by atoms with van der Waals surface area (Å²) in [4.78, 5) is 27.9. The number of urea groups is 1. The van der Waals surface area contributed by atoms with Crippen LogP contribution in [0.25, 0.3) is 0 Å². The van der Waals surface area contributed by atoms with Gasteiger partial charge in [-0.1, -0.05) is 6.07 Å². The van der Waals surface area contributed by atoms with Crippen LogP contribution < -0.4 is 16.0 Å². The Balaban J connectivity index is 1.88. The van der Waals surface area contributed by atoms with Crippen LogP contribution in [0.3, 0.4) is 0 Å². The quantitative estimate of drug-likeness (QED) is 0.739. The van der Waals surface area contributed by atoms with Crippen LogP contribution in [0, 0.1) is 5.82 Å². The van der Waals surface area contributed by atoms with E-state index in [2.05, 4.69) is 20.9 Å². The van der Waals surface area contributed by atoms with Crippen molar-refractivity contribution in [1.29, 1.82) is 0 Å². The first kappa shape index (κ1) is 20.2. The first-order valence-electron chi connectivity index (χ1n) is 8.47. The molecule has 144 valence electrons. The molecule has 7 nitrogen and oxygen atoms in total. The van der Waals surface area contributed by atoms with E-state index in [0.29, 0.717) is 18.7 Å². The molecule has 0 saturated heterocycles. The van der Waals surface area contributed by atoms with Crippen LogP contribution in [-0.4, -0.2) is 29.3 Å². The lowest BCUT2D eigenvalue weighted by molar-refractivity contribution is 0.0635. The van der Waals surface area contributed by atoms with Crippen molar-refractivity contribution in [3.63, 3.8) is 0 Å². The maximum absolute atomic E-state index is 13.9. The minimum Gasteiger partial charge on any atom is -0.444 e. The van der Waals surface area contributed by atoms with Gasteiger partial charge in [0.15, 0.2) is 0 Å². The molecule has 0 fully saturated rings. The largest absolute Gasteiger partial charge is 0.444 e. The summed E-state index contributed by atoms with van der Waals surface area (Å²) in [5.74, 6) is -0.637. The first-order valence-corrected chi connectivity index (χ1v) is 8.47. The number of pyridine rings is 1. The van der Waals surface area contributed by atoms with Gasteiger partial charge in [0.1, 0.15) is 11.4 Å². The molecule has 0 bridgehead atoms. The smallest absolute Gasteiger partial charge is 0.412 e. The van der Waals surface area contributed by atoms with Gasteiger partial charge in [0.2, 0.25) is 0 Å². The number of amides is 3. The van der Waals surface area contributed by atoms with E-state index in [9.17, 15) is 14.0 Å². The van der Waals surface area contributed by atoms with Gasteiger partial charge >= 0.3 is 12.1 Å². The second-order valence-corrected chi connectivity index (χ2v) is 6.77. The van der Waals surface area contributed by atoms with E-state index in [4.69, 9.17) is 4.74 Å². The second-order valence-electron chi connectivity index (χ2n) is 6.77. The maximum Gasteiger partial charge on any atom is 0.412 e. The summed E-state index contributed by atoms with van der Waals surface area (Å²) >= 11 is 0. The van der Waals surface area contributed by atoms with Gasteiger partial charge in [-0.15, -0.1) is 0 Å². The minimum atomic E-state index is -0.779. The molecule has 0 radical (unpaired) electrons. The number of nitrogens with zero attached hydrogens (tertiary/aromatic N) is 1. The Morgan fingerprint density at radius 3 is 2.59 bits per heavy atom. The summed E-state index contributed by atoms with van der Waals surface area (Å²) in [5, 5.41) is 7.61. The number of anilines is 2. The number of hydrogen-bond acceptors (Lipinski definition) is 4. The molecule has 0 aliphatic rings. The highest BCUT2D eigenvalue weighted by molar-refractivity contribution is 5.91. The van der Waals surface area contributed by atoms with Crippen molar-refractivity contribution >= 4 is 23.5 Å². The Kier molecular flexibility index (Phi) is 6.70. The predicted octanol–water partition coefficient (Wildman–Crippen LogP) is 3.93. The van der Waals surface area contributed by atoms with Crippen molar-refractivity contribution in [3.8, 4) is 0 Å². The van der Waals surface area contributed by atoms with Crippen LogP contribution in [0.15, 0.2) is 42.6 Å². The molecule has 0 unspecified atom stereocenters. The molecule has 0 atom stereocenters. The van der Waals surface area contributed by atoms with Gasteiger partial charge in [0.25, 0.3) is 0 Å². The van der Waals surface area contributed by atoms with Crippen molar-refractivity contribution in [2.24, 2.45) is 0 Å². The molecule has 0 saturated carbocycles. The normalized spacial score (nSPS) is 10.8. The molecule has 2 rings (SSSR count). The van der Waals surface area contributed by atoms with Gasteiger partial charge in [0, 0.05) is 30.5 Å². The SMILES string of the molecule is CC(C)(C)OC(=O)Nc1cc(NC(=O)NCCc2ccccn2)ccc1F. The highest BCUT2D eigenvalue weighted by Gasteiger charge is 2.17. The van der Waals surface area contributed by atoms with E-state index in [-0.39, 0.29) is 5.69 Å². The molecule has 3 amide bonds. The van der Waals surface area contributed by atoms with E-state index < -0.39 is 23.5 Å². The van der Waals surface area contributed by atoms with Crippen molar-refractivity contribution in [2.45, 2.75) is 32.8 Å². The van der Waals surface area contributed by atoms with Crippen molar-refractivity contribution < 1.29 is 18.7 Å². The average Bonchev–Trinajstić information content (AvgIpc) is 2.57. The van der Waals surface area contributed by atoms with Gasteiger partial charge in [-0.05, 0) is 51.1 Å². The fourth-order valence-electron chi connectivity index (χ4n) is 2.14. The van der Waals surface area contributed by atoms with Gasteiger partial charge in [0.05, 0.1) is 5.69 Å². The van der Waals surface area contributed by atoms with E-state index >= 15 is 0 Å². The summed E-state index contributed by atoms with van der Waals surface area (Å²) in [6, 6.07) is 8.98. The Morgan fingerprint density at radius 2 is 1.93 bits per heavy atom. The molecule has 1 aromatic heterocycles. The summed E-state index contributed by atoms with van der Waals surface area (Å²) < 4.78 is 19.0. The third-order valence-corrected chi connectivity index (χ3v) is 3.25. The molecule has 3 N–H and O–H groups in total. The maximum atomic E-state index is 13.9. The predicted molar refractivity (Wildman–Crippen MR) is 101 cm³/mol. The van der Waals surface area contributed by atoms with Gasteiger partial charge in [-0.2, -0.15) is 0 Å². The summed E-state index contributed by atoms with van der Waals surface area (Å²) in [6.07, 6.45) is 1.49. The third-order valence-electron chi connectivity index (χ3n) is 3.25. The number of nitrogens with one attached hydrogen (secondary N) is 3. The highest BCUT2D eigenvalue weighted by Crippen LogP contribution is 2.20. The van der Waals surface area contributed by atoms with Gasteiger partial charge in [-0.3, -0.25) is 10.3 Å². The van der Waals surface area contributed by atoms with Crippen LogP contribution >= 0.6 is 0 Å². The summed E-state index contributed by atoms with van der Waals surface area (Å²) in [7, 11) is 0. The molecule has 0 aliphatic heterocycles. The third kappa shape index (κ3) is 7.31. The zero-order valence-corrected chi connectivity index (χ0v) is 15.5. The molecule has 8 heteroatoms. The van der Waals surface area contributed by atoms with Gasteiger partial charge in [-0.25, -0.2) is 14.0 Å². The van der Waals surface area contributed by atoms with Crippen molar-refractivity contribution in [1.82, 2.24) is 10.3 Å². The number of halogens is 1. The second kappa shape index (κ2) is 8.98. The van der Waals surface area contributed by atoms with Crippen LogP contribution in [0.2, 0.25) is 0 Å². The molecule has 0 aliphatic carbocycles. The highest BCUT2D eigenvalue weighted by atomic mass is 19.1. The number of carbonyl (C=O) groups excluding carboxylic acids is 2. The van der Waals surface area contributed by atoms with Crippen molar-refractivity contribution in [2.75, 3.05) is 17.2 Å². The molecule has 1 heterocycles. The van der Waals surface area contributed by atoms with Crippen LogP contribution in [-0.2, 0) is 11.2 Å². The number of rotatable bonds is 5. The number of aromatic nitrogens is 1. The molecule has 0 spiro atoms. The zero-order valence-electron chi connectivity index (χ0n) is 15.5. The fraction of sp³-hybridized carbons (Fsp3) is 0.316. The van der Waals surface area contributed by atoms with Crippen LogP contribution in [0.1, 0.15) is 26.5 Å². The Labute approximate surface area is 157 Å².